The summed E-state index contributed by atoms with van der Waals surface area (Å²) in [4.78, 5) is 28.6. The zero-order valence-corrected chi connectivity index (χ0v) is 17.9. The van der Waals surface area contributed by atoms with Crippen molar-refractivity contribution >= 4 is 0 Å². The predicted octanol–water partition coefficient (Wildman–Crippen LogP) is 5.69. The van der Waals surface area contributed by atoms with Crippen molar-refractivity contribution in [1.29, 1.82) is 0 Å². The molecule has 0 radical (unpaired) electrons. The molecular weight excluding hydrogens is 420 g/mol. The van der Waals surface area contributed by atoms with Crippen LogP contribution in [0.2, 0.25) is 0 Å². The fourth-order valence-corrected chi connectivity index (χ4v) is 2.73. The van der Waals surface area contributed by atoms with Crippen LogP contribution in [0.15, 0.2) is 121 Å². The van der Waals surface area contributed by atoms with E-state index in [2.05, 4.69) is 0 Å². The van der Waals surface area contributed by atoms with E-state index in [9.17, 15) is 0 Å². The highest BCUT2D eigenvalue weighted by Crippen LogP contribution is 2.17. The number of hydrogen-bond donors (Lipinski definition) is 0. The average Bonchev–Trinajstić information content (AvgIpc) is 2.88. The lowest BCUT2D eigenvalue weighted by molar-refractivity contribution is -0.654. The second-order valence-corrected chi connectivity index (χ2v) is 6.86. The van der Waals surface area contributed by atoms with Gasteiger partial charge in [-0.1, -0.05) is 102 Å². The van der Waals surface area contributed by atoms with E-state index in [0.29, 0.717) is 11.5 Å². The molecule has 0 aliphatic heterocycles. The summed E-state index contributed by atoms with van der Waals surface area (Å²) in [5.41, 5.74) is 1.87. The second kappa shape index (κ2) is 12.4. The van der Waals surface area contributed by atoms with Crippen LogP contribution in [0.4, 0.5) is 0 Å². The molecular formula is C26H24N2O5. The Morgan fingerprint density at radius 2 is 0.758 bits per heavy atom. The maximum absolute atomic E-state index is 5.74. The number of para-hydroxylation sites is 2. The monoisotopic (exact) mass is 444 g/mol. The largest absolute Gasteiger partial charge is 0.356 e. The van der Waals surface area contributed by atoms with Gasteiger partial charge in [-0.05, 0) is 35.4 Å². The van der Waals surface area contributed by atoms with Crippen molar-refractivity contribution in [2.24, 2.45) is 0 Å². The third-order valence-electron chi connectivity index (χ3n) is 4.34. The van der Waals surface area contributed by atoms with Crippen molar-refractivity contribution in [3.05, 3.63) is 132 Å². The Morgan fingerprint density at radius 3 is 1.12 bits per heavy atom. The van der Waals surface area contributed by atoms with Gasteiger partial charge in [0.1, 0.15) is 0 Å². The maximum atomic E-state index is 5.74. The van der Waals surface area contributed by atoms with E-state index >= 15 is 0 Å². The van der Waals surface area contributed by atoms with Gasteiger partial charge in [-0.15, -0.1) is 0 Å². The fraction of sp³-hybridized carbons (Fsp3) is 0.0769. The molecule has 0 saturated carbocycles. The van der Waals surface area contributed by atoms with Crippen LogP contribution < -0.4 is 9.68 Å². The first-order chi connectivity index (χ1) is 16.3. The summed E-state index contributed by atoms with van der Waals surface area (Å²) < 4.78 is 0. The number of benzene rings is 4. The SMILES string of the molecule is c1ccc(CON(Oc2ccccc2)ON(OCc2ccccc2)Oc2ccccc2)cc1. The van der Waals surface area contributed by atoms with E-state index < -0.39 is 0 Å². The Kier molecular flexibility index (Phi) is 8.41. The quantitative estimate of drug-likeness (QED) is 0.260. The van der Waals surface area contributed by atoms with E-state index in [0.717, 1.165) is 21.9 Å². The van der Waals surface area contributed by atoms with Crippen molar-refractivity contribution < 1.29 is 24.3 Å². The third-order valence-corrected chi connectivity index (χ3v) is 4.34. The summed E-state index contributed by atoms with van der Waals surface area (Å²) in [6, 6.07) is 37.6. The molecule has 0 aliphatic rings. The maximum Gasteiger partial charge on any atom is 0.153 e. The number of hydrogen-bond acceptors (Lipinski definition) is 7. The van der Waals surface area contributed by atoms with Crippen LogP contribution in [0.25, 0.3) is 0 Å². The predicted molar refractivity (Wildman–Crippen MR) is 121 cm³/mol. The molecule has 7 heteroatoms. The molecule has 0 saturated heterocycles. The van der Waals surface area contributed by atoms with Gasteiger partial charge in [-0.2, -0.15) is 0 Å². The Labute approximate surface area is 192 Å². The molecule has 0 heterocycles. The Bertz CT molecular complexity index is 966. The van der Waals surface area contributed by atoms with Crippen molar-refractivity contribution in [3.63, 3.8) is 0 Å². The summed E-state index contributed by atoms with van der Waals surface area (Å²) in [7, 11) is 0. The fourth-order valence-electron chi connectivity index (χ4n) is 2.73. The van der Waals surface area contributed by atoms with Crippen LogP contribution in [0.5, 0.6) is 11.5 Å². The van der Waals surface area contributed by atoms with Gasteiger partial charge in [0.25, 0.3) is 0 Å². The highest BCUT2D eigenvalue weighted by Gasteiger charge is 2.20. The molecule has 0 aliphatic carbocycles. The van der Waals surface area contributed by atoms with E-state index in [-0.39, 0.29) is 13.2 Å². The molecule has 0 fully saturated rings. The molecule has 168 valence electrons. The molecule has 0 atom stereocenters. The lowest BCUT2D eigenvalue weighted by Gasteiger charge is -2.25. The van der Waals surface area contributed by atoms with Crippen LogP contribution in [-0.4, -0.2) is 10.8 Å². The van der Waals surface area contributed by atoms with E-state index in [1.54, 1.807) is 24.3 Å². The highest BCUT2D eigenvalue weighted by atomic mass is 17.3. The van der Waals surface area contributed by atoms with Crippen LogP contribution in [0, 0.1) is 0 Å². The van der Waals surface area contributed by atoms with Gasteiger partial charge < -0.3 is 9.68 Å². The minimum absolute atomic E-state index is 0.200. The molecule has 4 rings (SSSR count). The minimum Gasteiger partial charge on any atom is -0.356 e. The topological polar surface area (TPSA) is 52.6 Å². The molecule has 0 spiro atoms. The van der Waals surface area contributed by atoms with Gasteiger partial charge in [-0.25, -0.2) is 9.68 Å². The summed E-state index contributed by atoms with van der Waals surface area (Å²) in [5, 5.41) is 1.69. The molecule has 33 heavy (non-hydrogen) atoms. The van der Waals surface area contributed by atoms with Crippen LogP contribution in [-0.2, 0) is 27.8 Å². The lowest BCUT2D eigenvalue weighted by Crippen LogP contribution is -2.39. The van der Waals surface area contributed by atoms with Gasteiger partial charge in [0.05, 0.1) is 13.2 Å². The molecule has 0 N–H and O–H groups in total. The molecule has 7 nitrogen and oxygen atoms in total. The van der Waals surface area contributed by atoms with E-state index in [4.69, 9.17) is 24.3 Å². The Balaban J connectivity index is 1.47. The van der Waals surface area contributed by atoms with Gasteiger partial charge in [0, 0.05) is 0 Å². The van der Waals surface area contributed by atoms with Crippen LogP contribution in [0.1, 0.15) is 11.1 Å². The Hall–Kier alpha value is -3.72. The first-order valence-electron chi connectivity index (χ1n) is 10.4. The van der Waals surface area contributed by atoms with Crippen LogP contribution >= 0.6 is 0 Å². The smallest absolute Gasteiger partial charge is 0.153 e. The van der Waals surface area contributed by atoms with Crippen LogP contribution in [0.3, 0.4) is 0 Å². The van der Waals surface area contributed by atoms with Gasteiger partial charge in [0.15, 0.2) is 22.3 Å². The van der Waals surface area contributed by atoms with Gasteiger partial charge >= 0.3 is 0 Å². The molecule has 0 aromatic heterocycles. The molecule has 0 amide bonds. The molecule has 0 bridgehead atoms. The molecule has 4 aromatic rings. The summed E-state index contributed by atoms with van der Waals surface area (Å²) in [5.74, 6) is 1.02. The number of nitrogens with zero attached hydrogens (tertiary/aromatic N) is 2. The summed E-state index contributed by atoms with van der Waals surface area (Å²) in [6.07, 6.45) is 0. The van der Waals surface area contributed by atoms with E-state index in [1.165, 1.54) is 0 Å². The van der Waals surface area contributed by atoms with Crippen molar-refractivity contribution in [2.45, 2.75) is 13.2 Å². The summed E-state index contributed by atoms with van der Waals surface area (Å²) in [6.45, 7) is 0.400. The standard InChI is InChI=1S/C26H24N2O5/c1-5-13-23(14-6-1)21-29-27(31-25-17-9-3-10-18-25)33-28(32-26-19-11-4-12-20-26)30-22-24-15-7-2-8-16-24/h1-20H,21-22H2. The van der Waals surface area contributed by atoms with Gasteiger partial charge in [0.2, 0.25) is 0 Å². The van der Waals surface area contributed by atoms with Crippen molar-refractivity contribution in [1.82, 2.24) is 10.8 Å². The minimum atomic E-state index is 0.200. The lowest BCUT2D eigenvalue weighted by atomic mass is 10.2. The Morgan fingerprint density at radius 1 is 0.424 bits per heavy atom. The molecule has 0 unspecified atom stereocenters. The van der Waals surface area contributed by atoms with E-state index in [1.807, 2.05) is 97.1 Å². The first-order valence-corrected chi connectivity index (χ1v) is 10.4. The normalized spacial score (nSPS) is 11.0. The highest BCUT2D eigenvalue weighted by molar-refractivity contribution is 5.21. The third kappa shape index (κ3) is 7.73. The summed E-state index contributed by atoms with van der Waals surface area (Å²) >= 11 is 0. The second-order valence-electron chi connectivity index (χ2n) is 6.86. The van der Waals surface area contributed by atoms with Gasteiger partial charge in [-0.3, -0.25) is 0 Å². The van der Waals surface area contributed by atoms with Crippen molar-refractivity contribution in [2.75, 3.05) is 0 Å². The zero-order valence-electron chi connectivity index (χ0n) is 17.9. The number of rotatable bonds is 12. The van der Waals surface area contributed by atoms with Crippen molar-refractivity contribution in [3.8, 4) is 11.5 Å². The molecule has 4 aromatic carbocycles. The zero-order chi connectivity index (χ0) is 22.6. The average molecular weight is 444 g/mol. The first kappa shape index (κ1) is 22.5.